The van der Waals surface area contributed by atoms with Crippen LogP contribution in [-0.4, -0.2) is 47.6 Å². The van der Waals surface area contributed by atoms with Gasteiger partial charge < -0.3 is 14.4 Å². The lowest BCUT2D eigenvalue weighted by Crippen LogP contribution is -2.68. The Balaban J connectivity index is 1.91. The predicted molar refractivity (Wildman–Crippen MR) is 90.3 cm³/mol. The highest BCUT2D eigenvalue weighted by atomic mass is 16.5. The SMILES string of the molecule is COc1ncnc(OC)c1C(=O)N1CC2(CCCCC2)C1C(C)C. The van der Waals surface area contributed by atoms with Crippen LogP contribution in [0.5, 0.6) is 11.8 Å². The van der Waals surface area contributed by atoms with Crippen LogP contribution in [0, 0.1) is 11.3 Å². The van der Waals surface area contributed by atoms with Gasteiger partial charge >= 0.3 is 0 Å². The number of hydrogen-bond acceptors (Lipinski definition) is 5. The number of amides is 1. The highest BCUT2D eigenvalue weighted by molar-refractivity contribution is 5.99. The molecule has 6 heteroatoms. The summed E-state index contributed by atoms with van der Waals surface area (Å²) >= 11 is 0. The second-order valence-corrected chi connectivity index (χ2v) is 7.31. The van der Waals surface area contributed by atoms with E-state index in [1.807, 2.05) is 4.90 Å². The van der Waals surface area contributed by atoms with E-state index in [0.717, 1.165) is 6.54 Å². The summed E-state index contributed by atoms with van der Waals surface area (Å²) in [6, 6.07) is 0.264. The van der Waals surface area contributed by atoms with Crippen LogP contribution in [0.2, 0.25) is 0 Å². The van der Waals surface area contributed by atoms with Crippen LogP contribution in [0.3, 0.4) is 0 Å². The lowest BCUT2D eigenvalue weighted by molar-refractivity contribution is -0.0944. The Morgan fingerprint density at radius 2 is 1.75 bits per heavy atom. The molecule has 132 valence electrons. The third kappa shape index (κ3) is 2.62. The summed E-state index contributed by atoms with van der Waals surface area (Å²) in [6.07, 6.45) is 7.65. The second kappa shape index (κ2) is 6.57. The summed E-state index contributed by atoms with van der Waals surface area (Å²) in [4.78, 5) is 23.3. The molecule has 0 aromatic carbocycles. The first-order chi connectivity index (χ1) is 11.5. The molecule has 1 aliphatic carbocycles. The van der Waals surface area contributed by atoms with Crippen molar-refractivity contribution in [3.63, 3.8) is 0 Å². The minimum absolute atomic E-state index is 0.0841. The van der Waals surface area contributed by atoms with E-state index >= 15 is 0 Å². The Morgan fingerprint density at radius 1 is 1.17 bits per heavy atom. The van der Waals surface area contributed by atoms with Gasteiger partial charge in [0.2, 0.25) is 11.8 Å². The van der Waals surface area contributed by atoms with Gasteiger partial charge in [-0.1, -0.05) is 33.1 Å². The van der Waals surface area contributed by atoms with Gasteiger partial charge in [0.05, 0.1) is 14.2 Å². The number of methoxy groups -OCH3 is 2. The maximum absolute atomic E-state index is 13.2. The van der Waals surface area contributed by atoms with Gasteiger partial charge in [-0.15, -0.1) is 0 Å². The number of carbonyl (C=O) groups is 1. The van der Waals surface area contributed by atoms with E-state index in [1.165, 1.54) is 52.7 Å². The van der Waals surface area contributed by atoms with Gasteiger partial charge in [0, 0.05) is 18.0 Å². The zero-order chi connectivity index (χ0) is 17.3. The van der Waals surface area contributed by atoms with Crippen molar-refractivity contribution in [3.05, 3.63) is 11.9 Å². The number of likely N-dealkylation sites (tertiary alicyclic amines) is 1. The molecule has 1 aliphatic heterocycles. The Hall–Kier alpha value is -1.85. The van der Waals surface area contributed by atoms with Crippen molar-refractivity contribution < 1.29 is 14.3 Å². The van der Waals surface area contributed by atoms with E-state index in [1.54, 1.807) is 0 Å². The molecule has 1 aromatic heterocycles. The van der Waals surface area contributed by atoms with Gasteiger partial charge in [-0.05, 0) is 18.8 Å². The maximum Gasteiger partial charge on any atom is 0.265 e. The fraction of sp³-hybridized carbons (Fsp3) is 0.722. The molecule has 1 amide bonds. The number of aromatic nitrogens is 2. The third-order valence-electron chi connectivity index (χ3n) is 5.57. The maximum atomic E-state index is 13.2. The molecule has 2 heterocycles. The fourth-order valence-corrected chi connectivity index (χ4v) is 4.71. The lowest BCUT2D eigenvalue weighted by atomic mass is 9.59. The first-order valence-corrected chi connectivity index (χ1v) is 8.78. The monoisotopic (exact) mass is 333 g/mol. The molecule has 24 heavy (non-hydrogen) atoms. The van der Waals surface area contributed by atoms with Crippen molar-refractivity contribution in [1.29, 1.82) is 0 Å². The minimum Gasteiger partial charge on any atom is -0.480 e. The van der Waals surface area contributed by atoms with Gasteiger partial charge in [-0.25, -0.2) is 9.97 Å². The number of nitrogens with zero attached hydrogens (tertiary/aromatic N) is 3. The van der Waals surface area contributed by atoms with E-state index in [0.29, 0.717) is 11.5 Å². The van der Waals surface area contributed by atoms with E-state index in [4.69, 9.17) is 9.47 Å². The predicted octanol–water partition coefficient (Wildman–Crippen LogP) is 2.92. The lowest BCUT2D eigenvalue weighted by Gasteiger charge is -2.61. The summed E-state index contributed by atoms with van der Waals surface area (Å²) < 4.78 is 10.6. The van der Waals surface area contributed by atoms with Crippen LogP contribution in [0.4, 0.5) is 0 Å². The average Bonchev–Trinajstić information content (AvgIpc) is 2.58. The summed E-state index contributed by atoms with van der Waals surface area (Å²) in [5.74, 6) is 0.888. The fourth-order valence-electron chi connectivity index (χ4n) is 4.71. The topological polar surface area (TPSA) is 64.6 Å². The Morgan fingerprint density at radius 3 is 2.25 bits per heavy atom. The van der Waals surface area contributed by atoms with Crippen molar-refractivity contribution >= 4 is 5.91 Å². The number of ether oxygens (including phenoxy) is 2. The highest BCUT2D eigenvalue weighted by Crippen LogP contribution is 2.52. The van der Waals surface area contributed by atoms with Crippen molar-refractivity contribution in [1.82, 2.24) is 14.9 Å². The van der Waals surface area contributed by atoms with Crippen LogP contribution in [0.15, 0.2) is 6.33 Å². The van der Waals surface area contributed by atoms with Crippen LogP contribution >= 0.6 is 0 Å². The summed E-state index contributed by atoms with van der Waals surface area (Å²) in [6.45, 7) is 5.22. The molecule has 2 aliphatic rings. The van der Waals surface area contributed by atoms with E-state index in [-0.39, 0.29) is 29.1 Å². The zero-order valence-corrected chi connectivity index (χ0v) is 15.0. The normalized spacial score (nSPS) is 22.4. The molecule has 0 bridgehead atoms. The standard InChI is InChI=1S/C18H27N3O3/c1-12(2)14-18(8-6-5-7-9-18)10-21(14)17(22)13-15(23-3)19-11-20-16(13)24-4/h11-12,14H,5-10H2,1-4H3. The van der Waals surface area contributed by atoms with Crippen molar-refractivity contribution in [2.75, 3.05) is 20.8 Å². The van der Waals surface area contributed by atoms with Gasteiger partial charge in [0.1, 0.15) is 6.33 Å². The first kappa shape index (κ1) is 17.0. The van der Waals surface area contributed by atoms with Crippen molar-refractivity contribution in [2.24, 2.45) is 11.3 Å². The molecule has 0 N–H and O–H groups in total. The number of rotatable bonds is 4. The van der Waals surface area contributed by atoms with Crippen molar-refractivity contribution in [2.45, 2.75) is 52.0 Å². The van der Waals surface area contributed by atoms with Crippen LogP contribution in [0.25, 0.3) is 0 Å². The highest BCUT2D eigenvalue weighted by Gasteiger charge is 2.55. The molecule has 1 atom stereocenters. The largest absolute Gasteiger partial charge is 0.480 e. The minimum atomic E-state index is -0.0841. The third-order valence-corrected chi connectivity index (χ3v) is 5.57. The average molecular weight is 333 g/mol. The summed E-state index contributed by atoms with van der Waals surface area (Å²) in [5.41, 5.74) is 0.622. The molecule has 1 unspecified atom stereocenters. The Bertz CT molecular complexity index is 589. The van der Waals surface area contributed by atoms with Crippen molar-refractivity contribution in [3.8, 4) is 11.8 Å². The smallest absolute Gasteiger partial charge is 0.265 e. The van der Waals surface area contributed by atoms with E-state index in [2.05, 4.69) is 23.8 Å². The Labute approximate surface area is 143 Å². The molecule has 1 aromatic rings. The van der Waals surface area contributed by atoms with Gasteiger partial charge in [0.25, 0.3) is 5.91 Å². The van der Waals surface area contributed by atoms with E-state index in [9.17, 15) is 4.79 Å². The number of hydrogen-bond donors (Lipinski definition) is 0. The van der Waals surface area contributed by atoms with Crippen LogP contribution in [0.1, 0.15) is 56.3 Å². The molecule has 1 spiro atoms. The molecular weight excluding hydrogens is 306 g/mol. The molecule has 6 nitrogen and oxygen atoms in total. The molecule has 1 saturated heterocycles. The molecule has 2 fully saturated rings. The van der Waals surface area contributed by atoms with Gasteiger partial charge in [0.15, 0.2) is 5.56 Å². The van der Waals surface area contributed by atoms with Crippen LogP contribution < -0.4 is 9.47 Å². The van der Waals surface area contributed by atoms with Gasteiger partial charge in [-0.3, -0.25) is 4.79 Å². The molecule has 1 saturated carbocycles. The molecule has 3 rings (SSSR count). The van der Waals surface area contributed by atoms with Crippen LogP contribution in [-0.2, 0) is 0 Å². The molecular formula is C18H27N3O3. The zero-order valence-electron chi connectivity index (χ0n) is 15.0. The first-order valence-electron chi connectivity index (χ1n) is 8.78. The summed E-state index contributed by atoms with van der Waals surface area (Å²) in [5, 5.41) is 0. The number of carbonyl (C=O) groups excluding carboxylic acids is 1. The Kier molecular flexibility index (Phi) is 4.65. The van der Waals surface area contributed by atoms with Gasteiger partial charge in [-0.2, -0.15) is 0 Å². The molecule has 0 radical (unpaired) electrons. The second-order valence-electron chi connectivity index (χ2n) is 7.31. The quantitative estimate of drug-likeness (QED) is 0.847. The summed E-state index contributed by atoms with van der Waals surface area (Å²) in [7, 11) is 3.02. The van der Waals surface area contributed by atoms with E-state index < -0.39 is 0 Å².